The lowest BCUT2D eigenvalue weighted by Gasteiger charge is -2.32. The molecule has 9 heteroatoms. The minimum absolute atomic E-state index is 0. The predicted molar refractivity (Wildman–Crippen MR) is 142 cm³/mol. The highest BCUT2D eigenvalue weighted by atomic mass is 127. The smallest absolute Gasteiger partial charge is 0.233 e. The molecular formula is C24H41IN6O2. The molecule has 4 rings (SSSR count). The number of amides is 2. The molecule has 2 N–H and O–H groups in total. The van der Waals surface area contributed by atoms with Crippen LogP contribution in [0, 0.1) is 23.7 Å². The second-order valence-corrected chi connectivity index (χ2v) is 9.72. The van der Waals surface area contributed by atoms with E-state index in [1.54, 1.807) is 0 Å². The summed E-state index contributed by atoms with van der Waals surface area (Å²) in [6, 6.07) is 0. The topological polar surface area (TPSA) is 80.3 Å². The van der Waals surface area contributed by atoms with Gasteiger partial charge in [-0.1, -0.05) is 12.2 Å². The molecule has 2 saturated heterocycles. The van der Waals surface area contributed by atoms with E-state index in [-0.39, 0.29) is 59.5 Å². The quantitative estimate of drug-likeness (QED) is 0.103. The molecule has 0 aromatic rings. The fourth-order valence-electron chi connectivity index (χ4n) is 5.68. The Morgan fingerprint density at radius 2 is 1.64 bits per heavy atom. The highest BCUT2D eigenvalue weighted by Gasteiger charge is 2.58. The largest absolute Gasteiger partial charge is 0.357 e. The summed E-state index contributed by atoms with van der Waals surface area (Å²) in [5.74, 6) is 1.30. The Labute approximate surface area is 215 Å². The van der Waals surface area contributed by atoms with Gasteiger partial charge in [0.15, 0.2) is 5.96 Å². The lowest BCUT2D eigenvalue weighted by molar-refractivity contribution is -0.140. The number of carbonyl (C=O) groups excluding carboxylic acids is 2. The number of hydrogen-bond acceptors (Lipinski definition) is 5. The lowest BCUT2D eigenvalue weighted by Crippen LogP contribution is -2.44. The molecule has 2 amide bonds. The third kappa shape index (κ3) is 6.28. The van der Waals surface area contributed by atoms with E-state index in [4.69, 9.17) is 0 Å². The fraction of sp³-hybridized carbons (Fsp3) is 0.792. The van der Waals surface area contributed by atoms with E-state index in [0.717, 1.165) is 31.9 Å². The SMILES string of the molecule is CCNC(=NCCCN1C(=O)C2C3C=CC(C3)C2C1=O)NCCCCN1CCN(C)CC1.I. The van der Waals surface area contributed by atoms with Crippen molar-refractivity contribution < 1.29 is 9.59 Å². The molecule has 186 valence electrons. The van der Waals surface area contributed by atoms with Gasteiger partial charge in [0.2, 0.25) is 11.8 Å². The second-order valence-electron chi connectivity index (χ2n) is 9.72. The van der Waals surface area contributed by atoms with Gasteiger partial charge in [0.1, 0.15) is 0 Å². The summed E-state index contributed by atoms with van der Waals surface area (Å²) in [7, 11) is 2.19. The minimum atomic E-state index is -0.0918. The normalized spacial score (nSPS) is 29.5. The van der Waals surface area contributed by atoms with E-state index >= 15 is 0 Å². The molecule has 4 aliphatic rings. The number of likely N-dealkylation sites (tertiary alicyclic amines) is 1. The molecule has 0 aromatic carbocycles. The summed E-state index contributed by atoms with van der Waals surface area (Å²) in [5, 5.41) is 6.71. The Balaban J connectivity index is 0.00000306. The maximum atomic E-state index is 12.8. The summed E-state index contributed by atoms with van der Waals surface area (Å²) in [6.45, 7) is 10.7. The molecule has 0 spiro atoms. The van der Waals surface area contributed by atoms with Crippen molar-refractivity contribution >= 4 is 41.8 Å². The van der Waals surface area contributed by atoms with E-state index in [0.29, 0.717) is 19.5 Å². The number of guanidine groups is 1. The van der Waals surface area contributed by atoms with Crippen molar-refractivity contribution in [3.63, 3.8) is 0 Å². The molecule has 4 unspecified atom stereocenters. The highest BCUT2D eigenvalue weighted by molar-refractivity contribution is 14.0. The molecule has 1 saturated carbocycles. The van der Waals surface area contributed by atoms with Crippen molar-refractivity contribution in [2.45, 2.75) is 32.6 Å². The van der Waals surface area contributed by atoms with Crippen LogP contribution in [-0.2, 0) is 9.59 Å². The molecule has 2 aliphatic heterocycles. The van der Waals surface area contributed by atoms with Crippen molar-refractivity contribution in [2.75, 3.05) is 66.0 Å². The Kier molecular flexibility index (Phi) is 9.99. The van der Waals surface area contributed by atoms with Crippen LogP contribution in [0.3, 0.4) is 0 Å². The number of rotatable bonds is 10. The van der Waals surface area contributed by atoms with Gasteiger partial charge in [-0.3, -0.25) is 19.5 Å². The summed E-state index contributed by atoms with van der Waals surface area (Å²) in [5.41, 5.74) is 0. The average molecular weight is 573 g/mol. The number of piperazine rings is 1. The van der Waals surface area contributed by atoms with Crippen molar-refractivity contribution in [1.29, 1.82) is 0 Å². The molecule has 8 nitrogen and oxygen atoms in total. The van der Waals surface area contributed by atoms with Crippen LogP contribution in [0.2, 0.25) is 0 Å². The molecule has 3 fully saturated rings. The van der Waals surface area contributed by atoms with Crippen LogP contribution in [0.5, 0.6) is 0 Å². The summed E-state index contributed by atoms with van der Waals surface area (Å²) < 4.78 is 0. The van der Waals surface area contributed by atoms with Crippen LogP contribution >= 0.6 is 24.0 Å². The number of nitrogens with one attached hydrogen (secondary N) is 2. The first-order valence-corrected chi connectivity index (χ1v) is 12.5. The number of imide groups is 1. The van der Waals surface area contributed by atoms with Crippen LogP contribution in [0.15, 0.2) is 17.1 Å². The van der Waals surface area contributed by atoms with Gasteiger partial charge >= 0.3 is 0 Å². The summed E-state index contributed by atoms with van der Waals surface area (Å²) in [6.07, 6.45) is 8.29. The maximum Gasteiger partial charge on any atom is 0.233 e. The fourth-order valence-corrected chi connectivity index (χ4v) is 5.68. The van der Waals surface area contributed by atoms with Crippen molar-refractivity contribution in [1.82, 2.24) is 25.3 Å². The van der Waals surface area contributed by atoms with E-state index in [2.05, 4.69) is 51.5 Å². The highest BCUT2D eigenvalue weighted by Crippen LogP contribution is 2.52. The minimum Gasteiger partial charge on any atom is -0.357 e. The number of hydrogen-bond donors (Lipinski definition) is 2. The van der Waals surface area contributed by atoms with E-state index in [9.17, 15) is 9.59 Å². The van der Waals surface area contributed by atoms with Crippen LogP contribution in [0.4, 0.5) is 0 Å². The van der Waals surface area contributed by atoms with Crippen molar-refractivity contribution in [3.8, 4) is 0 Å². The van der Waals surface area contributed by atoms with Crippen LogP contribution in [0.1, 0.15) is 32.6 Å². The number of halogens is 1. The molecular weight excluding hydrogens is 531 g/mol. The first-order chi connectivity index (χ1) is 15.6. The number of aliphatic imine (C=N–C) groups is 1. The van der Waals surface area contributed by atoms with Crippen molar-refractivity contribution in [2.24, 2.45) is 28.7 Å². The first kappa shape index (κ1) is 26.4. The Hall–Kier alpha value is -1.20. The molecule has 2 bridgehead atoms. The Morgan fingerprint density at radius 3 is 2.27 bits per heavy atom. The number of likely N-dealkylation sites (N-methyl/N-ethyl adjacent to an activating group) is 1. The third-order valence-corrected chi connectivity index (χ3v) is 7.51. The third-order valence-electron chi connectivity index (χ3n) is 7.51. The molecule has 0 aromatic heterocycles. The Morgan fingerprint density at radius 1 is 0.970 bits per heavy atom. The zero-order valence-electron chi connectivity index (χ0n) is 20.2. The number of fused-ring (bicyclic) bond motifs is 5. The van der Waals surface area contributed by atoms with Gasteiger partial charge in [-0.05, 0) is 58.0 Å². The molecule has 2 aliphatic carbocycles. The first-order valence-electron chi connectivity index (χ1n) is 12.5. The second kappa shape index (κ2) is 12.5. The lowest BCUT2D eigenvalue weighted by atomic mass is 9.85. The molecule has 0 radical (unpaired) electrons. The van der Waals surface area contributed by atoms with E-state index in [1.807, 2.05) is 0 Å². The van der Waals surface area contributed by atoms with Gasteiger partial charge < -0.3 is 20.4 Å². The molecule has 4 atom stereocenters. The van der Waals surface area contributed by atoms with Gasteiger partial charge in [0.05, 0.1) is 11.8 Å². The number of carbonyl (C=O) groups is 2. The Bertz CT molecular complexity index is 706. The standard InChI is InChI=1S/C24H40N6O2.HI/c1-3-25-24(26-9-4-5-11-29-15-13-28(2)14-16-29)27-10-6-12-30-22(31)20-18-7-8-19(17-18)21(20)23(30)32;/h7-8,18-21H,3-6,9-17H2,1-2H3,(H2,25,26,27);1H. The summed E-state index contributed by atoms with van der Waals surface area (Å²) in [4.78, 5) is 36.6. The van der Waals surface area contributed by atoms with Crippen LogP contribution < -0.4 is 10.6 Å². The van der Waals surface area contributed by atoms with Gasteiger partial charge in [-0.25, -0.2) is 0 Å². The number of allylic oxidation sites excluding steroid dienone is 2. The summed E-state index contributed by atoms with van der Waals surface area (Å²) >= 11 is 0. The van der Waals surface area contributed by atoms with Gasteiger partial charge in [-0.15, -0.1) is 24.0 Å². The number of unbranched alkanes of at least 4 members (excludes halogenated alkanes) is 1. The zero-order chi connectivity index (χ0) is 22.5. The molecule has 33 heavy (non-hydrogen) atoms. The van der Waals surface area contributed by atoms with Gasteiger partial charge in [0.25, 0.3) is 0 Å². The number of nitrogens with zero attached hydrogens (tertiary/aromatic N) is 4. The maximum absolute atomic E-state index is 12.8. The monoisotopic (exact) mass is 572 g/mol. The van der Waals surface area contributed by atoms with Gasteiger partial charge in [-0.2, -0.15) is 0 Å². The van der Waals surface area contributed by atoms with Crippen LogP contribution in [0.25, 0.3) is 0 Å². The van der Waals surface area contributed by atoms with Gasteiger partial charge in [0, 0.05) is 52.4 Å². The average Bonchev–Trinajstić information content (AvgIpc) is 3.47. The predicted octanol–water partition coefficient (Wildman–Crippen LogP) is 1.38. The van der Waals surface area contributed by atoms with Crippen LogP contribution in [-0.4, -0.2) is 98.4 Å². The van der Waals surface area contributed by atoms with E-state index in [1.165, 1.54) is 44.0 Å². The van der Waals surface area contributed by atoms with Crippen molar-refractivity contribution in [3.05, 3.63) is 12.2 Å². The van der Waals surface area contributed by atoms with E-state index < -0.39 is 0 Å². The zero-order valence-corrected chi connectivity index (χ0v) is 22.5. The molecule has 2 heterocycles.